The maximum absolute atomic E-state index is 11.7. The Morgan fingerprint density at radius 1 is 0.909 bits per heavy atom. The Balaban J connectivity index is 0. The van der Waals surface area contributed by atoms with Crippen LogP contribution in [0.15, 0.2) is 17.1 Å². The number of rotatable bonds is 13. The Morgan fingerprint density at radius 3 is 1.88 bits per heavy atom. The molecule has 0 fully saturated rings. The minimum absolute atomic E-state index is 0.0493. The van der Waals surface area contributed by atoms with E-state index in [1.54, 1.807) is 0 Å². The van der Waals surface area contributed by atoms with E-state index in [4.69, 9.17) is 36.7 Å². The molecule has 0 bridgehead atoms. The molecule has 1 unspecified atom stereocenters. The number of carboxylic acid groups (broad SMARTS) is 3. The summed E-state index contributed by atoms with van der Waals surface area (Å²) in [5.41, 5.74) is 10.3. The van der Waals surface area contributed by atoms with E-state index in [0.717, 1.165) is 19.1 Å². The first-order chi connectivity index (χ1) is 15.3. The number of aliphatic hydroxyl groups is 1. The molecule has 0 aromatic carbocycles. The number of hydrogen-bond acceptors (Lipinski definition) is 8. The standard InChI is InChI=1S/C15H24N6O8.C2H4O2/c16-15(17)18-5-1-2-8(13(26)27)20-11(24)4-3-10(23)19-6-12(25)21-9(7-22)14(28)29;1-2(3)4/h3-4,8-9,22H,1-2,5-7H2,(H,19,23)(H,20,24)(H,21,25)(H,26,27)(H,28,29)(H4,16,17,18);1H3,(H,3,4)/b4-3-;/t8?,9-;/m0./s1. The number of nitrogens with zero attached hydrogens (tertiary/aromatic N) is 1. The van der Waals surface area contributed by atoms with E-state index in [-0.39, 0.29) is 18.9 Å². The average molecular weight is 476 g/mol. The van der Waals surface area contributed by atoms with Crippen molar-refractivity contribution >= 4 is 41.6 Å². The van der Waals surface area contributed by atoms with Gasteiger partial charge in [-0.15, -0.1) is 0 Å². The molecule has 16 heteroatoms. The predicted molar refractivity (Wildman–Crippen MR) is 112 cm³/mol. The molecule has 0 heterocycles. The number of carbonyl (C=O) groups excluding carboxylic acids is 3. The second-order valence-corrected chi connectivity index (χ2v) is 6.06. The van der Waals surface area contributed by atoms with Crippen molar-refractivity contribution in [2.45, 2.75) is 31.8 Å². The number of amides is 3. The fourth-order valence-corrected chi connectivity index (χ4v) is 1.79. The van der Waals surface area contributed by atoms with Gasteiger partial charge in [-0.25, -0.2) is 9.59 Å². The molecule has 0 aromatic rings. The quantitative estimate of drug-likeness (QED) is 0.0531. The summed E-state index contributed by atoms with van der Waals surface area (Å²) in [4.78, 5) is 69.2. The van der Waals surface area contributed by atoms with Gasteiger partial charge in [0.15, 0.2) is 5.96 Å². The van der Waals surface area contributed by atoms with Crippen molar-refractivity contribution in [3.05, 3.63) is 12.2 Å². The van der Waals surface area contributed by atoms with Crippen LogP contribution in [0.2, 0.25) is 0 Å². The lowest BCUT2D eigenvalue weighted by Crippen LogP contribution is -2.47. The molecule has 0 radical (unpaired) electrons. The van der Waals surface area contributed by atoms with Crippen molar-refractivity contribution in [2.24, 2.45) is 16.5 Å². The van der Waals surface area contributed by atoms with Gasteiger partial charge in [0.05, 0.1) is 13.2 Å². The summed E-state index contributed by atoms with van der Waals surface area (Å²) < 4.78 is 0. The van der Waals surface area contributed by atoms with Crippen LogP contribution in [-0.2, 0) is 28.8 Å². The largest absolute Gasteiger partial charge is 0.481 e. The Labute approximate surface area is 187 Å². The third-order valence-corrected chi connectivity index (χ3v) is 3.19. The van der Waals surface area contributed by atoms with Crippen molar-refractivity contribution in [3.63, 3.8) is 0 Å². The lowest BCUT2D eigenvalue weighted by molar-refractivity contribution is -0.143. The van der Waals surface area contributed by atoms with Crippen molar-refractivity contribution in [3.8, 4) is 0 Å². The SMILES string of the molecule is CC(=O)O.NC(N)=NCCCC(NC(=O)/C=C\C(=O)NCC(=O)N[C@@H](CO)C(=O)O)C(=O)O. The molecule has 186 valence electrons. The van der Waals surface area contributed by atoms with Gasteiger partial charge in [-0.3, -0.25) is 24.2 Å². The van der Waals surface area contributed by atoms with Crippen LogP contribution in [0.5, 0.6) is 0 Å². The Bertz CT molecular complexity index is 759. The van der Waals surface area contributed by atoms with Crippen LogP contribution >= 0.6 is 0 Å². The molecule has 0 aliphatic rings. The third-order valence-electron chi connectivity index (χ3n) is 3.19. The van der Waals surface area contributed by atoms with Gasteiger partial charge < -0.3 is 47.8 Å². The van der Waals surface area contributed by atoms with E-state index >= 15 is 0 Å². The van der Waals surface area contributed by atoms with Crippen LogP contribution in [0.1, 0.15) is 19.8 Å². The minimum Gasteiger partial charge on any atom is -0.481 e. The molecule has 0 aromatic heterocycles. The number of aliphatic hydroxyl groups excluding tert-OH is 1. The maximum atomic E-state index is 11.7. The highest BCUT2D eigenvalue weighted by Gasteiger charge is 2.19. The smallest absolute Gasteiger partial charge is 0.328 e. The molecule has 0 aliphatic heterocycles. The second-order valence-electron chi connectivity index (χ2n) is 6.06. The van der Waals surface area contributed by atoms with Crippen LogP contribution in [0.25, 0.3) is 0 Å². The zero-order chi connectivity index (χ0) is 26.0. The summed E-state index contributed by atoms with van der Waals surface area (Å²) in [5, 5.41) is 40.2. The molecular formula is C17H28N6O10. The van der Waals surface area contributed by atoms with E-state index in [0.29, 0.717) is 6.42 Å². The van der Waals surface area contributed by atoms with E-state index in [9.17, 15) is 24.0 Å². The summed E-state index contributed by atoms with van der Waals surface area (Å²) in [5.74, 6) is -6.29. The number of carbonyl (C=O) groups is 6. The normalized spacial score (nSPS) is 11.7. The topological polar surface area (TPSA) is 284 Å². The van der Waals surface area contributed by atoms with Crippen molar-refractivity contribution < 1.29 is 49.2 Å². The molecule has 0 aliphatic carbocycles. The fraction of sp³-hybridized carbons (Fsp3) is 0.471. The van der Waals surface area contributed by atoms with E-state index in [1.165, 1.54) is 0 Å². The van der Waals surface area contributed by atoms with Crippen LogP contribution in [0.3, 0.4) is 0 Å². The number of hydrogen-bond donors (Lipinski definition) is 9. The number of carboxylic acids is 3. The van der Waals surface area contributed by atoms with Gasteiger partial charge in [0.2, 0.25) is 17.7 Å². The number of guanidine groups is 1. The number of aliphatic imine (C=N–C) groups is 1. The molecule has 33 heavy (non-hydrogen) atoms. The summed E-state index contributed by atoms with van der Waals surface area (Å²) in [7, 11) is 0. The molecule has 0 spiro atoms. The average Bonchev–Trinajstić information content (AvgIpc) is 2.70. The lowest BCUT2D eigenvalue weighted by atomic mass is 10.1. The van der Waals surface area contributed by atoms with Crippen LogP contribution in [0.4, 0.5) is 0 Å². The number of nitrogens with two attached hydrogens (primary N) is 2. The lowest BCUT2D eigenvalue weighted by Gasteiger charge is -2.12. The zero-order valence-electron chi connectivity index (χ0n) is 17.7. The van der Waals surface area contributed by atoms with Gasteiger partial charge in [0.25, 0.3) is 5.97 Å². The molecule has 2 atom stereocenters. The first-order valence-corrected chi connectivity index (χ1v) is 9.17. The van der Waals surface area contributed by atoms with Crippen LogP contribution in [-0.4, -0.2) is 93.8 Å². The van der Waals surface area contributed by atoms with Gasteiger partial charge in [-0.1, -0.05) is 0 Å². The molecule has 0 saturated heterocycles. The maximum Gasteiger partial charge on any atom is 0.328 e. The van der Waals surface area contributed by atoms with Crippen molar-refractivity contribution in [1.82, 2.24) is 16.0 Å². The van der Waals surface area contributed by atoms with Crippen LogP contribution in [0, 0.1) is 0 Å². The van der Waals surface area contributed by atoms with Gasteiger partial charge >= 0.3 is 11.9 Å². The summed E-state index contributed by atoms with van der Waals surface area (Å²) >= 11 is 0. The van der Waals surface area contributed by atoms with Gasteiger partial charge in [0, 0.05) is 25.6 Å². The van der Waals surface area contributed by atoms with Gasteiger partial charge in [0.1, 0.15) is 12.1 Å². The highest BCUT2D eigenvalue weighted by molar-refractivity contribution is 5.99. The van der Waals surface area contributed by atoms with Crippen molar-refractivity contribution in [2.75, 3.05) is 19.7 Å². The summed E-state index contributed by atoms with van der Waals surface area (Å²) in [6, 6.07) is -2.73. The van der Waals surface area contributed by atoms with Crippen molar-refractivity contribution in [1.29, 1.82) is 0 Å². The monoisotopic (exact) mass is 476 g/mol. The summed E-state index contributed by atoms with van der Waals surface area (Å²) in [6.45, 7) is -0.162. The molecule has 3 amide bonds. The van der Waals surface area contributed by atoms with E-state index < -0.39 is 60.9 Å². The number of nitrogens with one attached hydrogen (secondary N) is 3. The zero-order valence-corrected chi connectivity index (χ0v) is 17.7. The second kappa shape index (κ2) is 17.5. The Hall–Kier alpha value is -4.21. The van der Waals surface area contributed by atoms with Gasteiger partial charge in [-0.2, -0.15) is 0 Å². The van der Waals surface area contributed by atoms with Crippen LogP contribution < -0.4 is 27.4 Å². The Kier molecular flexibility index (Phi) is 16.4. The first-order valence-electron chi connectivity index (χ1n) is 9.17. The molecular weight excluding hydrogens is 448 g/mol. The highest BCUT2D eigenvalue weighted by Crippen LogP contribution is 1.99. The Morgan fingerprint density at radius 2 is 1.42 bits per heavy atom. The molecule has 16 nitrogen and oxygen atoms in total. The molecule has 11 N–H and O–H groups in total. The first kappa shape index (κ1) is 31.0. The highest BCUT2D eigenvalue weighted by atomic mass is 16.4. The minimum atomic E-state index is -1.51. The molecule has 0 saturated carbocycles. The fourth-order valence-electron chi connectivity index (χ4n) is 1.79. The van der Waals surface area contributed by atoms with Gasteiger partial charge in [-0.05, 0) is 12.8 Å². The predicted octanol–water partition coefficient (Wildman–Crippen LogP) is -4.07. The number of aliphatic carboxylic acids is 3. The molecule has 0 rings (SSSR count). The third kappa shape index (κ3) is 19.5. The van der Waals surface area contributed by atoms with E-state index in [1.807, 2.05) is 5.32 Å². The summed E-state index contributed by atoms with van der Waals surface area (Å²) in [6.07, 6.45) is 1.88. The van der Waals surface area contributed by atoms with E-state index in [2.05, 4.69) is 15.6 Å².